The lowest BCUT2D eigenvalue weighted by Crippen LogP contribution is -2.44. The summed E-state index contributed by atoms with van der Waals surface area (Å²) in [5, 5.41) is 6.16. The maximum absolute atomic E-state index is 12.6. The van der Waals surface area contributed by atoms with Crippen molar-refractivity contribution in [3.63, 3.8) is 0 Å². The molecule has 0 saturated heterocycles. The topological polar surface area (TPSA) is 93.7 Å². The summed E-state index contributed by atoms with van der Waals surface area (Å²) in [4.78, 5) is 36.8. The molecule has 0 radical (unpaired) electrons. The second-order valence-corrected chi connectivity index (χ2v) is 6.57. The maximum atomic E-state index is 12.6. The molecule has 0 aliphatic carbocycles. The van der Waals surface area contributed by atoms with Gasteiger partial charge in [0.05, 0.1) is 12.7 Å². The standard InChI is InChI=1S/C23H22N2O5/c1-15(21(26)25-23(28)24-14-16-8-4-3-5-9-16)30-22(27)19-12-13-20(29-2)18-11-7-6-10-17(18)19/h3-13,15H,14H2,1-2H3,(H2,24,25,26,28)/t15-/m0/s1. The van der Waals surface area contributed by atoms with Crippen molar-refractivity contribution in [3.8, 4) is 5.75 Å². The Morgan fingerprint density at radius 3 is 2.27 bits per heavy atom. The van der Waals surface area contributed by atoms with Gasteiger partial charge in [0.2, 0.25) is 0 Å². The summed E-state index contributed by atoms with van der Waals surface area (Å²) in [7, 11) is 1.55. The van der Waals surface area contributed by atoms with Crippen LogP contribution in [-0.2, 0) is 16.1 Å². The van der Waals surface area contributed by atoms with Gasteiger partial charge in [-0.3, -0.25) is 10.1 Å². The van der Waals surface area contributed by atoms with Gasteiger partial charge in [-0.25, -0.2) is 9.59 Å². The van der Waals surface area contributed by atoms with Crippen molar-refractivity contribution in [2.45, 2.75) is 19.6 Å². The van der Waals surface area contributed by atoms with E-state index in [-0.39, 0.29) is 6.54 Å². The number of rotatable bonds is 6. The number of nitrogens with one attached hydrogen (secondary N) is 2. The number of benzene rings is 3. The minimum absolute atomic E-state index is 0.270. The van der Waals surface area contributed by atoms with Crippen LogP contribution in [0, 0.1) is 0 Å². The summed E-state index contributed by atoms with van der Waals surface area (Å²) in [5.74, 6) is -0.754. The number of amides is 3. The Morgan fingerprint density at radius 1 is 0.900 bits per heavy atom. The zero-order valence-corrected chi connectivity index (χ0v) is 16.7. The average molecular weight is 406 g/mol. The molecule has 3 aromatic rings. The number of fused-ring (bicyclic) bond motifs is 1. The van der Waals surface area contributed by atoms with Gasteiger partial charge < -0.3 is 14.8 Å². The molecule has 0 spiro atoms. The molecule has 0 aliphatic heterocycles. The van der Waals surface area contributed by atoms with Gasteiger partial charge in [0.25, 0.3) is 5.91 Å². The Hall–Kier alpha value is -3.87. The molecule has 0 saturated carbocycles. The number of ether oxygens (including phenoxy) is 2. The van der Waals surface area contributed by atoms with E-state index in [0.29, 0.717) is 16.7 Å². The molecule has 3 aromatic carbocycles. The van der Waals surface area contributed by atoms with Crippen LogP contribution in [-0.4, -0.2) is 31.1 Å². The van der Waals surface area contributed by atoms with E-state index < -0.39 is 24.0 Å². The molecule has 0 heterocycles. The molecule has 0 aliphatic rings. The lowest BCUT2D eigenvalue weighted by molar-refractivity contribution is -0.127. The van der Waals surface area contributed by atoms with Crippen LogP contribution in [0.15, 0.2) is 66.7 Å². The van der Waals surface area contributed by atoms with E-state index >= 15 is 0 Å². The van der Waals surface area contributed by atoms with E-state index in [1.165, 1.54) is 6.92 Å². The first kappa shape index (κ1) is 20.9. The Balaban J connectivity index is 1.61. The molecule has 2 N–H and O–H groups in total. The predicted octanol–water partition coefficient (Wildman–Crippen LogP) is 3.42. The Labute approximate surface area is 174 Å². The molecule has 30 heavy (non-hydrogen) atoms. The van der Waals surface area contributed by atoms with E-state index in [4.69, 9.17) is 9.47 Å². The Morgan fingerprint density at radius 2 is 1.57 bits per heavy atom. The van der Waals surface area contributed by atoms with Gasteiger partial charge in [-0.2, -0.15) is 0 Å². The summed E-state index contributed by atoms with van der Waals surface area (Å²) < 4.78 is 10.6. The molecule has 0 aromatic heterocycles. The van der Waals surface area contributed by atoms with Crippen LogP contribution in [0.3, 0.4) is 0 Å². The lowest BCUT2D eigenvalue weighted by atomic mass is 10.0. The van der Waals surface area contributed by atoms with E-state index in [2.05, 4.69) is 10.6 Å². The second kappa shape index (κ2) is 9.56. The number of carbonyl (C=O) groups is 3. The molecule has 0 unspecified atom stereocenters. The van der Waals surface area contributed by atoms with Crippen LogP contribution < -0.4 is 15.4 Å². The second-order valence-electron chi connectivity index (χ2n) is 6.57. The van der Waals surface area contributed by atoms with Crippen molar-refractivity contribution in [1.82, 2.24) is 10.6 Å². The third-order valence-electron chi connectivity index (χ3n) is 4.51. The molecule has 154 valence electrons. The van der Waals surface area contributed by atoms with Gasteiger partial charge in [-0.15, -0.1) is 0 Å². The highest BCUT2D eigenvalue weighted by molar-refractivity contribution is 6.07. The molecule has 7 heteroatoms. The van der Waals surface area contributed by atoms with Gasteiger partial charge in [0, 0.05) is 11.9 Å². The largest absolute Gasteiger partial charge is 0.496 e. The van der Waals surface area contributed by atoms with Gasteiger partial charge in [0.15, 0.2) is 6.10 Å². The van der Waals surface area contributed by atoms with Crippen LogP contribution in [0.5, 0.6) is 5.75 Å². The zero-order valence-electron chi connectivity index (χ0n) is 16.7. The normalized spacial score (nSPS) is 11.4. The summed E-state index contributed by atoms with van der Waals surface area (Å²) in [5.41, 5.74) is 1.20. The minimum atomic E-state index is -1.15. The third kappa shape index (κ3) is 4.94. The highest BCUT2D eigenvalue weighted by Gasteiger charge is 2.22. The van der Waals surface area contributed by atoms with Gasteiger partial charge in [0.1, 0.15) is 5.75 Å². The smallest absolute Gasteiger partial charge is 0.339 e. The number of hydrogen-bond acceptors (Lipinski definition) is 5. The number of imide groups is 1. The highest BCUT2D eigenvalue weighted by Crippen LogP contribution is 2.28. The van der Waals surface area contributed by atoms with Crippen molar-refractivity contribution < 1.29 is 23.9 Å². The van der Waals surface area contributed by atoms with Gasteiger partial charge >= 0.3 is 12.0 Å². The Kier molecular flexibility index (Phi) is 6.64. The first-order valence-electron chi connectivity index (χ1n) is 9.39. The molecular formula is C23H22N2O5. The van der Waals surface area contributed by atoms with Crippen molar-refractivity contribution in [2.75, 3.05) is 7.11 Å². The molecule has 3 rings (SSSR count). The van der Waals surface area contributed by atoms with Crippen LogP contribution in [0.4, 0.5) is 4.79 Å². The van der Waals surface area contributed by atoms with Crippen LogP contribution in [0.2, 0.25) is 0 Å². The molecular weight excluding hydrogens is 384 g/mol. The monoisotopic (exact) mass is 406 g/mol. The zero-order chi connectivity index (χ0) is 21.5. The predicted molar refractivity (Wildman–Crippen MR) is 112 cm³/mol. The van der Waals surface area contributed by atoms with E-state index in [0.717, 1.165) is 10.9 Å². The molecule has 0 bridgehead atoms. The van der Waals surface area contributed by atoms with E-state index in [9.17, 15) is 14.4 Å². The highest BCUT2D eigenvalue weighted by atomic mass is 16.5. The fraction of sp³-hybridized carbons (Fsp3) is 0.174. The number of esters is 1. The molecule has 1 atom stereocenters. The van der Waals surface area contributed by atoms with E-state index in [1.54, 1.807) is 31.4 Å². The fourth-order valence-electron chi connectivity index (χ4n) is 2.94. The first-order valence-corrected chi connectivity index (χ1v) is 9.39. The fourth-order valence-corrected chi connectivity index (χ4v) is 2.94. The van der Waals surface area contributed by atoms with Crippen molar-refractivity contribution >= 4 is 28.7 Å². The number of urea groups is 1. The van der Waals surface area contributed by atoms with Gasteiger partial charge in [-0.1, -0.05) is 54.6 Å². The van der Waals surface area contributed by atoms with E-state index in [1.807, 2.05) is 42.5 Å². The van der Waals surface area contributed by atoms with Crippen LogP contribution in [0.25, 0.3) is 10.8 Å². The molecule has 3 amide bonds. The summed E-state index contributed by atoms with van der Waals surface area (Å²) in [6.45, 7) is 1.68. The minimum Gasteiger partial charge on any atom is -0.496 e. The summed E-state index contributed by atoms with van der Waals surface area (Å²) in [6.07, 6.45) is -1.15. The first-order chi connectivity index (χ1) is 14.5. The summed E-state index contributed by atoms with van der Waals surface area (Å²) in [6, 6.07) is 19.1. The van der Waals surface area contributed by atoms with Crippen LogP contribution >= 0.6 is 0 Å². The maximum Gasteiger partial charge on any atom is 0.339 e. The molecule has 0 fully saturated rings. The van der Waals surface area contributed by atoms with Crippen molar-refractivity contribution in [2.24, 2.45) is 0 Å². The number of hydrogen-bond donors (Lipinski definition) is 2. The van der Waals surface area contributed by atoms with Crippen molar-refractivity contribution in [1.29, 1.82) is 0 Å². The quantitative estimate of drug-likeness (QED) is 0.612. The third-order valence-corrected chi connectivity index (χ3v) is 4.51. The SMILES string of the molecule is COc1ccc(C(=O)O[C@@H](C)C(=O)NC(=O)NCc2ccccc2)c2ccccc12. The number of methoxy groups -OCH3 is 1. The summed E-state index contributed by atoms with van der Waals surface area (Å²) >= 11 is 0. The molecule has 7 nitrogen and oxygen atoms in total. The Bertz CT molecular complexity index is 1070. The van der Waals surface area contributed by atoms with Gasteiger partial charge in [-0.05, 0) is 30.0 Å². The lowest BCUT2D eigenvalue weighted by Gasteiger charge is -2.15. The van der Waals surface area contributed by atoms with Crippen LogP contribution in [0.1, 0.15) is 22.8 Å². The van der Waals surface area contributed by atoms with Crippen molar-refractivity contribution in [3.05, 3.63) is 77.9 Å². The average Bonchev–Trinajstić information content (AvgIpc) is 2.77. The number of carbonyl (C=O) groups excluding carboxylic acids is 3.